The average Bonchev–Trinajstić information content (AvgIpc) is 2.88. The molecule has 13 nitrogen and oxygen atoms in total. The highest BCUT2D eigenvalue weighted by molar-refractivity contribution is 7.89. The van der Waals surface area contributed by atoms with Crippen LogP contribution in [0.1, 0.15) is 11.1 Å². The van der Waals surface area contributed by atoms with Crippen LogP contribution in [0.3, 0.4) is 0 Å². The number of rotatable bonds is 8. The van der Waals surface area contributed by atoms with Crippen molar-refractivity contribution in [2.45, 2.75) is 18.4 Å². The Balaban J connectivity index is 1.43. The van der Waals surface area contributed by atoms with Crippen LogP contribution >= 0.6 is 0 Å². The summed E-state index contributed by atoms with van der Waals surface area (Å²) in [5, 5.41) is 34.3. The number of nitro groups is 2. The summed E-state index contributed by atoms with van der Waals surface area (Å²) in [6.07, 6.45) is 0. The number of nitrogens with one attached hydrogen (secondary N) is 1. The second-order valence-electron chi connectivity index (χ2n) is 8.11. The van der Waals surface area contributed by atoms with E-state index < -0.39 is 36.1 Å². The van der Waals surface area contributed by atoms with Gasteiger partial charge in [-0.05, 0) is 24.6 Å². The van der Waals surface area contributed by atoms with E-state index in [4.69, 9.17) is 0 Å². The summed E-state index contributed by atoms with van der Waals surface area (Å²) >= 11 is 0. The van der Waals surface area contributed by atoms with Gasteiger partial charge in [0.25, 0.3) is 11.4 Å². The molecule has 4 rings (SSSR count). The zero-order chi connectivity index (χ0) is 25.9. The van der Waals surface area contributed by atoms with Crippen LogP contribution in [0, 0.1) is 27.2 Å². The lowest BCUT2D eigenvalue weighted by atomic mass is 10.1. The van der Waals surface area contributed by atoms with Crippen molar-refractivity contribution >= 4 is 33.0 Å². The Kier molecular flexibility index (Phi) is 7.07. The van der Waals surface area contributed by atoms with Crippen LogP contribution in [0.5, 0.6) is 0 Å². The molecular formula is C22H23N7O6S. The summed E-state index contributed by atoms with van der Waals surface area (Å²) in [5.74, 6) is 1.19. The van der Waals surface area contributed by atoms with Gasteiger partial charge in [0.1, 0.15) is 11.4 Å². The largest absolute Gasteiger partial charge is 0.365 e. The molecule has 1 fully saturated rings. The van der Waals surface area contributed by atoms with E-state index in [-0.39, 0.29) is 18.7 Å². The molecule has 0 spiro atoms. The average molecular weight is 514 g/mol. The van der Waals surface area contributed by atoms with Gasteiger partial charge in [0, 0.05) is 44.9 Å². The predicted molar refractivity (Wildman–Crippen MR) is 131 cm³/mol. The van der Waals surface area contributed by atoms with Crippen LogP contribution < -0.4 is 10.2 Å². The van der Waals surface area contributed by atoms with Gasteiger partial charge in [-0.1, -0.05) is 30.3 Å². The van der Waals surface area contributed by atoms with E-state index in [2.05, 4.69) is 15.5 Å². The monoisotopic (exact) mass is 513 g/mol. The Morgan fingerprint density at radius 3 is 2.06 bits per heavy atom. The molecular weight excluding hydrogens is 490 g/mol. The Morgan fingerprint density at radius 1 is 0.917 bits per heavy atom. The molecule has 1 aromatic heterocycles. The van der Waals surface area contributed by atoms with Gasteiger partial charge in [-0.25, -0.2) is 8.42 Å². The van der Waals surface area contributed by atoms with E-state index in [1.165, 1.54) is 6.92 Å². The van der Waals surface area contributed by atoms with Crippen LogP contribution in [0.4, 0.5) is 23.0 Å². The summed E-state index contributed by atoms with van der Waals surface area (Å²) in [6, 6.07) is 15.2. The van der Waals surface area contributed by atoms with E-state index in [1.807, 2.05) is 35.2 Å². The quantitative estimate of drug-likeness (QED) is 0.350. The first-order chi connectivity index (χ1) is 17.2. The number of piperazine rings is 1. The van der Waals surface area contributed by atoms with Gasteiger partial charge < -0.3 is 10.2 Å². The lowest BCUT2D eigenvalue weighted by molar-refractivity contribution is -0.395. The Labute approximate surface area is 206 Å². The molecule has 3 aromatic rings. The second-order valence-corrected chi connectivity index (χ2v) is 10.0. The first-order valence-electron chi connectivity index (χ1n) is 11.0. The highest BCUT2D eigenvalue weighted by Gasteiger charge is 2.33. The summed E-state index contributed by atoms with van der Waals surface area (Å²) in [5.41, 5.74) is -0.325. The fraction of sp³-hybridized carbons (Fsp3) is 0.273. The highest BCUT2D eigenvalue weighted by Crippen LogP contribution is 2.33. The zero-order valence-corrected chi connectivity index (χ0v) is 20.1. The molecule has 14 heteroatoms. The fourth-order valence-electron chi connectivity index (χ4n) is 3.87. The van der Waals surface area contributed by atoms with Gasteiger partial charge in [0.05, 0.1) is 14.7 Å². The maximum atomic E-state index is 13.2. The van der Waals surface area contributed by atoms with Crippen molar-refractivity contribution in [3.63, 3.8) is 0 Å². The molecule has 0 aliphatic carbocycles. The molecule has 1 N–H and O–H groups in total. The lowest BCUT2D eigenvalue weighted by Gasteiger charge is -2.34. The molecule has 0 amide bonds. The Bertz CT molecular complexity index is 1340. The molecule has 0 saturated carbocycles. The minimum atomic E-state index is -4.19. The number of nitrogens with zero attached hydrogens (tertiary/aromatic N) is 6. The molecule has 2 aromatic carbocycles. The molecule has 1 aliphatic rings. The molecule has 2 heterocycles. The first-order valence-corrected chi connectivity index (χ1v) is 12.4. The van der Waals surface area contributed by atoms with E-state index >= 15 is 0 Å². The van der Waals surface area contributed by atoms with Gasteiger partial charge >= 0.3 is 0 Å². The Morgan fingerprint density at radius 2 is 1.53 bits per heavy atom. The fourth-order valence-corrected chi connectivity index (χ4v) is 5.33. The SMILES string of the molecule is Cc1c([N+](=O)[O-])cc(S(=O)(=O)N2CCN(c3ccc(NCc4ccccc4)nn3)CC2)cc1[N+](=O)[O-]. The van der Waals surface area contributed by atoms with Crippen molar-refractivity contribution in [1.82, 2.24) is 14.5 Å². The topological polar surface area (TPSA) is 165 Å². The Hall–Kier alpha value is -4.17. The first kappa shape index (κ1) is 24.9. The van der Waals surface area contributed by atoms with Gasteiger partial charge in [0.15, 0.2) is 5.82 Å². The van der Waals surface area contributed by atoms with Crippen molar-refractivity contribution in [1.29, 1.82) is 0 Å². The van der Waals surface area contributed by atoms with Crippen LogP contribution in [-0.2, 0) is 16.6 Å². The highest BCUT2D eigenvalue weighted by atomic mass is 32.2. The minimum Gasteiger partial charge on any atom is -0.365 e. The van der Waals surface area contributed by atoms with Crippen LogP contribution in [0.15, 0.2) is 59.5 Å². The van der Waals surface area contributed by atoms with Gasteiger partial charge in [-0.2, -0.15) is 4.31 Å². The van der Waals surface area contributed by atoms with Crippen molar-refractivity contribution in [3.05, 3.63) is 86.0 Å². The standard InChI is InChI=1S/C22H23N7O6S/c1-16-19(28(30)31)13-18(14-20(16)29(32)33)36(34,35)27-11-9-26(10-12-27)22-8-7-21(24-25-22)23-15-17-5-3-2-4-6-17/h2-8,13-14H,9-12,15H2,1H3,(H,23,24). The minimum absolute atomic E-state index is 0.0769. The molecule has 1 aliphatic heterocycles. The lowest BCUT2D eigenvalue weighted by Crippen LogP contribution is -2.49. The third-order valence-corrected chi connectivity index (χ3v) is 7.76. The maximum Gasteiger partial charge on any atom is 0.280 e. The number of benzene rings is 2. The van der Waals surface area contributed by atoms with Crippen molar-refractivity contribution < 1.29 is 18.3 Å². The van der Waals surface area contributed by atoms with E-state index in [1.54, 1.807) is 12.1 Å². The van der Waals surface area contributed by atoms with E-state index in [9.17, 15) is 28.6 Å². The molecule has 0 bridgehead atoms. The van der Waals surface area contributed by atoms with E-state index in [0.29, 0.717) is 31.3 Å². The van der Waals surface area contributed by atoms with Crippen molar-refractivity contribution in [2.75, 3.05) is 36.4 Å². The van der Waals surface area contributed by atoms with Gasteiger partial charge in [-0.15, -0.1) is 10.2 Å². The van der Waals surface area contributed by atoms with Gasteiger partial charge in [-0.3, -0.25) is 20.2 Å². The second kappa shape index (κ2) is 10.2. The number of nitro benzene ring substituents is 2. The molecule has 1 saturated heterocycles. The number of hydrogen-bond acceptors (Lipinski definition) is 10. The summed E-state index contributed by atoms with van der Waals surface area (Å²) in [7, 11) is -4.19. The predicted octanol–water partition coefficient (Wildman–Crippen LogP) is 2.72. The maximum absolute atomic E-state index is 13.2. The third-order valence-electron chi connectivity index (χ3n) is 5.89. The number of anilines is 2. The number of sulfonamides is 1. The third kappa shape index (κ3) is 5.23. The van der Waals surface area contributed by atoms with Crippen LogP contribution in [0.2, 0.25) is 0 Å². The summed E-state index contributed by atoms with van der Waals surface area (Å²) < 4.78 is 27.5. The molecule has 0 unspecified atom stereocenters. The molecule has 36 heavy (non-hydrogen) atoms. The van der Waals surface area contributed by atoms with Gasteiger partial charge in [0.2, 0.25) is 10.0 Å². The van der Waals surface area contributed by atoms with Crippen molar-refractivity contribution in [2.24, 2.45) is 0 Å². The molecule has 188 valence electrons. The zero-order valence-electron chi connectivity index (χ0n) is 19.3. The van der Waals surface area contributed by atoms with Crippen molar-refractivity contribution in [3.8, 4) is 0 Å². The van der Waals surface area contributed by atoms with E-state index in [0.717, 1.165) is 22.0 Å². The number of hydrogen-bond donors (Lipinski definition) is 1. The smallest absolute Gasteiger partial charge is 0.280 e. The number of aromatic nitrogens is 2. The normalized spacial score (nSPS) is 14.4. The summed E-state index contributed by atoms with van der Waals surface area (Å²) in [6.45, 7) is 2.58. The molecule has 0 radical (unpaired) electrons. The van der Waals surface area contributed by atoms with Crippen LogP contribution in [-0.4, -0.2) is 58.9 Å². The molecule has 0 atom stereocenters. The summed E-state index contributed by atoms with van der Waals surface area (Å²) in [4.78, 5) is 22.4. The van der Waals surface area contributed by atoms with Crippen LogP contribution in [0.25, 0.3) is 0 Å².